The summed E-state index contributed by atoms with van der Waals surface area (Å²) in [7, 11) is -3.02. The Bertz CT molecular complexity index is 330. The third-order valence-corrected chi connectivity index (χ3v) is 3.26. The predicted molar refractivity (Wildman–Crippen MR) is 64.8 cm³/mol. The highest BCUT2D eigenvalue weighted by Gasteiger charge is 2.22. The van der Waals surface area contributed by atoms with E-state index in [-0.39, 0.29) is 36.1 Å². The number of hydrogen-bond acceptors (Lipinski definition) is 4. The van der Waals surface area contributed by atoms with E-state index >= 15 is 0 Å². The van der Waals surface area contributed by atoms with Crippen LogP contribution in [0.2, 0.25) is 0 Å². The molecule has 96 valence electrons. The Kier molecular flexibility index (Phi) is 5.41. The molecule has 0 aromatic rings. The summed E-state index contributed by atoms with van der Waals surface area (Å²) in [5.41, 5.74) is 5.70. The fraction of sp³-hybridized carbons (Fsp3) is 0.900. The maximum atomic E-state index is 11.4. The lowest BCUT2D eigenvalue weighted by Crippen LogP contribution is -2.40. The number of carbonyl (C=O) groups excluding carboxylic acids is 1. The molecule has 0 heterocycles. The molecule has 5 nitrogen and oxygen atoms in total. The second-order valence-corrected chi connectivity index (χ2v) is 7.42. The molecule has 0 rings (SSSR count). The average molecular weight is 250 g/mol. The third-order valence-electron chi connectivity index (χ3n) is 2.31. The van der Waals surface area contributed by atoms with E-state index < -0.39 is 9.84 Å². The van der Waals surface area contributed by atoms with Crippen LogP contribution in [0.5, 0.6) is 0 Å². The molecule has 0 aromatic heterocycles. The molecule has 3 N–H and O–H groups in total. The largest absolute Gasteiger partial charge is 0.355 e. The van der Waals surface area contributed by atoms with E-state index in [9.17, 15) is 13.2 Å². The highest BCUT2D eigenvalue weighted by molar-refractivity contribution is 7.90. The zero-order valence-corrected chi connectivity index (χ0v) is 11.2. The summed E-state index contributed by atoms with van der Waals surface area (Å²) in [4.78, 5) is 11.4. The highest BCUT2D eigenvalue weighted by atomic mass is 32.2. The normalized spacial score (nSPS) is 14.6. The van der Waals surface area contributed by atoms with Crippen molar-refractivity contribution in [2.75, 3.05) is 18.6 Å². The topological polar surface area (TPSA) is 89.3 Å². The number of nitrogens with one attached hydrogen (secondary N) is 1. The Hall–Kier alpha value is -0.620. The molecule has 0 bridgehead atoms. The van der Waals surface area contributed by atoms with Crippen molar-refractivity contribution in [2.45, 2.75) is 33.2 Å². The Balaban J connectivity index is 3.93. The van der Waals surface area contributed by atoms with E-state index in [1.165, 1.54) is 0 Å². The monoisotopic (exact) mass is 250 g/mol. The first-order valence-corrected chi connectivity index (χ1v) is 7.28. The molecule has 0 aliphatic carbocycles. The van der Waals surface area contributed by atoms with Gasteiger partial charge < -0.3 is 11.1 Å². The molecule has 0 aliphatic rings. The number of amides is 1. The lowest BCUT2D eigenvalue weighted by molar-refractivity contribution is -0.121. The Morgan fingerprint density at radius 1 is 1.38 bits per heavy atom. The quantitative estimate of drug-likeness (QED) is 0.713. The minimum Gasteiger partial charge on any atom is -0.355 e. The fourth-order valence-corrected chi connectivity index (χ4v) is 1.43. The molecule has 0 fully saturated rings. The summed E-state index contributed by atoms with van der Waals surface area (Å²) >= 11 is 0. The highest BCUT2D eigenvalue weighted by Crippen LogP contribution is 2.19. The van der Waals surface area contributed by atoms with Gasteiger partial charge in [-0.2, -0.15) is 0 Å². The van der Waals surface area contributed by atoms with E-state index in [4.69, 9.17) is 5.73 Å². The van der Waals surface area contributed by atoms with Crippen molar-refractivity contribution < 1.29 is 13.2 Å². The molecule has 0 aromatic carbocycles. The fourth-order valence-electron chi connectivity index (χ4n) is 0.954. The summed E-state index contributed by atoms with van der Waals surface area (Å²) in [5, 5.41) is 2.54. The van der Waals surface area contributed by atoms with Crippen molar-refractivity contribution in [1.82, 2.24) is 5.32 Å². The molecule has 1 atom stereocenters. The minimum absolute atomic E-state index is 0.0382. The molecule has 0 saturated carbocycles. The number of hydrogen-bond donors (Lipinski definition) is 2. The molecule has 0 aliphatic heterocycles. The Morgan fingerprint density at radius 3 is 2.25 bits per heavy atom. The zero-order valence-electron chi connectivity index (χ0n) is 10.4. The Labute approximate surface area is 97.7 Å². The van der Waals surface area contributed by atoms with Gasteiger partial charge in [-0.3, -0.25) is 4.79 Å². The smallest absolute Gasteiger partial charge is 0.221 e. The van der Waals surface area contributed by atoms with E-state index in [1.807, 2.05) is 20.8 Å². The van der Waals surface area contributed by atoms with Crippen molar-refractivity contribution in [1.29, 1.82) is 0 Å². The van der Waals surface area contributed by atoms with Crippen LogP contribution in [0, 0.1) is 5.41 Å². The van der Waals surface area contributed by atoms with E-state index in [2.05, 4.69) is 5.32 Å². The lowest BCUT2D eigenvalue weighted by atomic mass is 9.85. The number of rotatable bonds is 5. The van der Waals surface area contributed by atoms with Gasteiger partial charge in [0.2, 0.25) is 5.91 Å². The van der Waals surface area contributed by atoms with Gasteiger partial charge in [-0.05, 0) is 5.41 Å². The molecule has 16 heavy (non-hydrogen) atoms. The SMILES string of the molecule is CC(C)(C)C(N)CC(=O)NCCS(C)(=O)=O. The van der Waals surface area contributed by atoms with Gasteiger partial charge in [-0.15, -0.1) is 0 Å². The first kappa shape index (κ1) is 15.4. The van der Waals surface area contributed by atoms with Crippen molar-refractivity contribution in [2.24, 2.45) is 11.1 Å². The first-order chi connectivity index (χ1) is 7.02. The summed E-state index contributed by atoms with van der Waals surface area (Å²) in [6.07, 6.45) is 1.35. The van der Waals surface area contributed by atoms with Gasteiger partial charge in [0.05, 0.1) is 5.75 Å². The van der Waals surface area contributed by atoms with Crippen molar-refractivity contribution >= 4 is 15.7 Å². The van der Waals surface area contributed by atoms with Crippen LogP contribution in [0.15, 0.2) is 0 Å². The molecule has 6 heteroatoms. The van der Waals surface area contributed by atoms with Gasteiger partial charge in [0.15, 0.2) is 0 Å². The maximum Gasteiger partial charge on any atom is 0.221 e. The van der Waals surface area contributed by atoms with Crippen molar-refractivity contribution in [3.63, 3.8) is 0 Å². The predicted octanol–water partition coefficient (Wildman–Crippen LogP) is -0.0893. The zero-order chi connectivity index (χ0) is 13.0. The second-order valence-electron chi connectivity index (χ2n) is 5.16. The van der Waals surface area contributed by atoms with Crippen LogP contribution >= 0.6 is 0 Å². The molecule has 1 amide bonds. The third kappa shape index (κ3) is 7.64. The van der Waals surface area contributed by atoms with E-state index in [0.717, 1.165) is 6.26 Å². The molecule has 1 unspecified atom stereocenters. The van der Waals surface area contributed by atoms with Gasteiger partial charge in [0.25, 0.3) is 0 Å². The van der Waals surface area contributed by atoms with Gasteiger partial charge in [0, 0.05) is 25.3 Å². The lowest BCUT2D eigenvalue weighted by Gasteiger charge is -2.26. The standard InChI is InChI=1S/C10H22N2O3S/c1-10(2,3)8(11)7-9(13)12-5-6-16(4,14)15/h8H,5-7,11H2,1-4H3,(H,12,13). The summed E-state index contributed by atoms with van der Waals surface area (Å²) in [6, 6.07) is -0.231. The first-order valence-electron chi connectivity index (χ1n) is 5.22. The maximum absolute atomic E-state index is 11.4. The number of nitrogens with two attached hydrogens (primary N) is 1. The number of sulfone groups is 1. The van der Waals surface area contributed by atoms with Crippen LogP contribution in [-0.2, 0) is 14.6 Å². The molecular weight excluding hydrogens is 228 g/mol. The van der Waals surface area contributed by atoms with Gasteiger partial charge in [-0.25, -0.2) is 8.42 Å². The van der Waals surface area contributed by atoms with Crippen LogP contribution in [-0.4, -0.2) is 38.9 Å². The molecule has 0 radical (unpaired) electrons. The van der Waals surface area contributed by atoms with Crippen LogP contribution in [0.3, 0.4) is 0 Å². The van der Waals surface area contributed by atoms with Crippen LogP contribution < -0.4 is 11.1 Å². The summed E-state index contributed by atoms with van der Waals surface area (Å²) in [6.45, 7) is 6.03. The van der Waals surface area contributed by atoms with Crippen LogP contribution in [0.4, 0.5) is 0 Å². The number of carbonyl (C=O) groups is 1. The van der Waals surface area contributed by atoms with E-state index in [1.54, 1.807) is 0 Å². The summed E-state index contributed by atoms with van der Waals surface area (Å²) < 4.78 is 21.6. The van der Waals surface area contributed by atoms with Crippen molar-refractivity contribution in [3.8, 4) is 0 Å². The minimum atomic E-state index is -3.02. The van der Waals surface area contributed by atoms with Crippen LogP contribution in [0.1, 0.15) is 27.2 Å². The second kappa shape index (κ2) is 5.63. The average Bonchev–Trinajstić information content (AvgIpc) is 1.99. The Morgan fingerprint density at radius 2 is 1.88 bits per heavy atom. The van der Waals surface area contributed by atoms with E-state index in [0.29, 0.717) is 0 Å². The van der Waals surface area contributed by atoms with Crippen molar-refractivity contribution in [3.05, 3.63) is 0 Å². The molecule has 0 spiro atoms. The van der Waals surface area contributed by atoms with Gasteiger partial charge in [0.1, 0.15) is 9.84 Å². The van der Waals surface area contributed by atoms with Gasteiger partial charge >= 0.3 is 0 Å². The molecular formula is C10H22N2O3S. The summed E-state index contributed by atoms with van der Waals surface area (Å²) in [5.74, 6) is -0.241. The van der Waals surface area contributed by atoms with Gasteiger partial charge in [-0.1, -0.05) is 20.8 Å². The van der Waals surface area contributed by atoms with Crippen LogP contribution in [0.25, 0.3) is 0 Å². The molecule has 0 saturated heterocycles.